The van der Waals surface area contributed by atoms with Gasteiger partial charge in [-0.3, -0.25) is 9.89 Å². The molecule has 5 nitrogen and oxygen atoms in total. The highest BCUT2D eigenvalue weighted by molar-refractivity contribution is 14.0. The molecule has 0 bridgehead atoms. The Balaban J connectivity index is 0.00000392. The minimum atomic E-state index is -4.31. The number of nitrogens with zero attached hydrogens (tertiary/aromatic N) is 3. The zero-order valence-corrected chi connectivity index (χ0v) is 19.0. The average Bonchev–Trinajstić information content (AvgIpc) is 3.07. The van der Waals surface area contributed by atoms with E-state index in [1.165, 1.54) is 18.6 Å². The van der Waals surface area contributed by atoms with E-state index < -0.39 is 11.7 Å². The summed E-state index contributed by atoms with van der Waals surface area (Å²) in [6.45, 7) is 3.99. The topological polar surface area (TPSA) is 40.1 Å². The maximum Gasteiger partial charge on any atom is 0.416 e. The molecule has 0 aliphatic carbocycles. The summed E-state index contributed by atoms with van der Waals surface area (Å²) in [4.78, 5) is 8.63. The van der Waals surface area contributed by atoms with Gasteiger partial charge in [0, 0.05) is 46.9 Å². The molecule has 28 heavy (non-hydrogen) atoms. The van der Waals surface area contributed by atoms with Gasteiger partial charge in [0.25, 0.3) is 0 Å². The SMILES string of the molecule is CN=C(NCC1CCCN1CCOC)N(C)Cc1ccc(C(F)(F)F)cc1.I. The predicted octanol–water partition coefficient (Wildman–Crippen LogP) is 3.44. The van der Waals surface area contributed by atoms with Crippen LogP contribution >= 0.6 is 24.0 Å². The number of likely N-dealkylation sites (tertiary alicyclic amines) is 1. The molecule has 1 aromatic carbocycles. The Kier molecular flexibility index (Phi) is 10.5. The first-order valence-electron chi connectivity index (χ1n) is 9.16. The number of hydrogen-bond donors (Lipinski definition) is 1. The zero-order valence-electron chi connectivity index (χ0n) is 16.6. The Hall–Kier alpha value is -1.07. The summed E-state index contributed by atoms with van der Waals surface area (Å²) in [5, 5.41) is 3.39. The lowest BCUT2D eigenvalue weighted by molar-refractivity contribution is -0.137. The van der Waals surface area contributed by atoms with Crippen molar-refractivity contribution in [3.05, 3.63) is 35.4 Å². The molecular weight excluding hydrogens is 484 g/mol. The molecule has 1 N–H and O–H groups in total. The molecule has 1 fully saturated rings. The van der Waals surface area contributed by atoms with Crippen LogP contribution < -0.4 is 5.32 Å². The van der Waals surface area contributed by atoms with Gasteiger partial charge in [-0.2, -0.15) is 13.2 Å². The van der Waals surface area contributed by atoms with Gasteiger partial charge in [-0.1, -0.05) is 12.1 Å². The third-order valence-electron chi connectivity index (χ3n) is 4.85. The van der Waals surface area contributed by atoms with Crippen molar-refractivity contribution >= 4 is 29.9 Å². The molecule has 1 aliphatic heterocycles. The Labute approximate surface area is 182 Å². The lowest BCUT2D eigenvalue weighted by Crippen LogP contribution is -2.45. The summed E-state index contributed by atoms with van der Waals surface area (Å²) in [6.07, 6.45) is -2.00. The first-order chi connectivity index (χ1) is 12.8. The molecule has 0 aromatic heterocycles. The van der Waals surface area contributed by atoms with Crippen molar-refractivity contribution in [2.75, 3.05) is 47.4 Å². The molecule has 0 amide bonds. The maximum absolute atomic E-state index is 12.7. The van der Waals surface area contributed by atoms with Gasteiger partial charge in [-0.05, 0) is 37.1 Å². The summed E-state index contributed by atoms with van der Waals surface area (Å²) in [5.74, 6) is 0.730. The number of guanidine groups is 1. The molecule has 0 saturated carbocycles. The van der Waals surface area contributed by atoms with E-state index in [4.69, 9.17) is 4.74 Å². The van der Waals surface area contributed by atoms with Crippen LogP contribution in [0.2, 0.25) is 0 Å². The van der Waals surface area contributed by atoms with Crippen molar-refractivity contribution in [2.24, 2.45) is 4.99 Å². The van der Waals surface area contributed by atoms with Gasteiger partial charge in [0.2, 0.25) is 0 Å². The van der Waals surface area contributed by atoms with E-state index in [0.29, 0.717) is 12.6 Å². The predicted molar refractivity (Wildman–Crippen MR) is 116 cm³/mol. The van der Waals surface area contributed by atoms with E-state index in [1.807, 2.05) is 11.9 Å². The van der Waals surface area contributed by atoms with Crippen LogP contribution in [0.5, 0.6) is 0 Å². The van der Waals surface area contributed by atoms with Crippen LogP contribution in [0, 0.1) is 0 Å². The summed E-state index contributed by atoms with van der Waals surface area (Å²) >= 11 is 0. The van der Waals surface area contributed by atoms with Crippen LogP contribution in [0.15, 0.2) is 29.3 Å². The van der Waals surface area contributed by atoms with Crippen LogP contribution in [0.3, 0.4) is 0 Å². The highest BCUT2D eigenvalue weighted by Gasteiger charge is 2.30. The third-order valence-corrected chi connectivity index (χ3v) is 4.85. The standard InChI is InChI=1S/C19H29F3N4O.HI/c1-23-18(24-13-17-5-4-10-26(17)11-12-27-3)25(2)14-15-6-8-16(9-7-15)19(20,21)22;/h6-9,17H,4-5,10-14H2,1-3H3,(H,23,24);1H. The van der Waals surface area contributed by atoms with Crippen LogP contribution in [-0.2, 0) is 17.5 Å². The number of hydrogen-bond acceptors (Lipinski definition) is 3. The zero-order chi connectivity index (χ0) is 19.9. The normalized spacial score (nSPS) is 18.1. The van der Waals surface area contributed by atoms with Crippen molar-refractivity contribution in [1.82, 2.24) is 15.1 Å². The minimum Gasteiger partial charge on any atom is -0.383 e. The fraction of sp³-hybridized carbons (Fsp3) is 0.632. The molecule has 1 saturated heterocycles. The molecule has 160 valence electrons. The molecular formula is C19H30F3IN4O. The molecule has 2 rings (SSSR count). The summed E-state index contributed by atoms with van der Waals surface area (Å²) < 4.78 is 43.2. The van der Waals surface area contributed by atoms with E-state index in [1.54, 1.807) is 14.2 Å². The van der Waals surface area contributed by atoms with Crippen molar-refractivity contribution in [1.29, 1.82) is 0 Å². The van der Waals surface area contributed by atoms with Gasteiger partial charge >= 0.3 is 6.18 Å². The molecule has 1 aliphatic rings. The van der Waals surface area contributed by atoms with E-state index in [0.717, 1.165) is 56.3 Å². The van der Waals surface area contributed by atoms with Crippen molar-refractivity contribution in [3.63, 3.8) is 0 Å². The quantitative estimate of drug-likeness (QED) is 0.344. The molecule has 9 heteroatoms. The molecule has 1 heterocycles. The second-order valence-electron chi connectivity index (χ2n) is 6.80. The Morgan fingerprint density at radius 1 is 1.32 bits per heavy atom. The lowest BCUT2D eigenvalue weighted by Gasteiger charge is -2.27. The van der Waals surface area contributed by atoms with Crippen LogP contribution in [0.1, 0.15) is 24.0 Å². The second-order valence-corrected chi connectivity index (χ2v) is 6.80. The molecule has 1 unspecified atom stereocenters. The van der Waals surface area contributed by atoms with E-state index in [2.05, 4.69) is 15.2 Å². The Morgan fingerprint density at radius 2 is 2.00 bits per heavy atom. The number of benzene rings is 1. The van der Waals surface area contributed by atoms with Gasteiger partial charge in [-0.25, -0.2) is 0 Å². The number of ether oxygens (including phenoxy) is 1. The third kappa shape index (κ3) is 7.40. The first kappa shape index (κ1) is 25.0. The smallest absolute Gasteiger partial charge is 0.383 e. The monoisotopic (exact) mass is 514 g/mol. The fourth-order valence-electron chi connectivity index (χ4n) is 3.37. The van der Waals surface area contributed by atoms with Crippen LogP contribution in [-0.4, -0.2) is 69.2 Å². The van der Waals surface area contributed by atoms with Gasteiger partial charge in [0.05, 0.1) is 12.2 Å². The maximum atomic E-state index is 12.7. The van der Waals surface area contributed by atoms with Gasteiger partial charge < -0.3 is 15.0 Å². The summed E-state index contributed by atoms with van der Waals surface area (Å²) in [6, 6.07) is 5.69. The minimum absolute atomic E-state index is 0. The summed E-state index contributed by atoms with van der Waals surface area (Å²) in [7, 11) is 5.30. The highest BCUT2D eigenvalue weighted by atomic mass is 127. The Morgan fingerprint density at radius 3 is 2.57 bits per heavy atom. The number of rotatable bonds is 7. The number of halogens is 4. The second kappa shape index (κ2) is 11.8. The van der Waals surface area contributed by atoms with E-state index >= 15 is 0 Å². The Bertz CT molecular complexity index is 610. The molecule has 1 aromatic rings. The molecule has 0 spiro atoms. The number of aliphatic imine (C=N–C) groups is 1. The number of alkyl halides is 3. The number of nitrogens with one attached hydrogen (secondary N) is 1. The average molecular weight is 514 g/mol. The van der Waals surface area contributed by atoms with Crippen LogP contribution in [0.4, 0.5) is 13.2 Å². The molecule has 0 radical (unpaired) electrons. The van der Waals surface area contributed by atoms with E-state index in [-0.39, 0.29) is 24.0 Å². The van der Waals surface area contributed by atoms with Crippen molar-refractivity contribution in [3.8, 4) is 0 Å². The number of methoxy groups -OCH3 is 1. The van der Waals surface area contributed by atoms with E-state index in [9.17, 15) is 13.2 Å². The van der Waals surface area contributed by atoms with Gasteiger partial charge in [0.15, 0.2) is 5.96 Å². The molecule has 1 atom stereocenters. The summed E-state index contributed by atoms with van der Waals surface area (Å²) in [5.41, 5.74) is 0.171. The van der Waals surface area contributed by atoms with Gasteiger partial charge in [-0.15, -0.1) is 24.0 Å². The van der Waals surface area contributed by atoms with Crippen LogP contribution in [0.25, 0.3) is 0 Å². The fourth-order valence-corrected chi connectivity index (χ4v) is 3.37. The lowest BCUT2D eigenvalue weighted by atomic mass is 10.1. The van der Waals surface area contributed by atoms with Gasteiger partial charge in [0.1, 0.15) is 0 Å². The largest absolute Gasteiger partial charge is 0.416 e. The van der Waals surface area contributed by atoms with Crippen molar-refractivity contribution in [2.45, 2.75) is 31.6 Å². The van der Waals surface area contributed by atoms with Crippen molar-refractivity contribution < 1.29 is 17.9 Å². The highest BCUT2D eigenvalue weighted by Crippen LogP contribution is 2.29. The first-order valence-corrected chi connectivity index (χ1v) is 9.16.